The fraction of sp³-hybridized carbons (Fsp3) is 0.250. The van der Waals surface area contributed by atoms with Crippen LogP contribution >= 0.6 is 34.4 Å². The summed E-state index contributed by atoms with van der Waals surface area (Å²) in [4.78, 5) is 11.0. The Hall–Kier alpha value is -1.03. The molecule has 0 saturated heterocycles. The van der Waals surface area contributed by atoms with E-state index in [1.807, 2.05) is 0 Å². The Balaban J connectivity index is 2.34. The van der Waals surface area contributed by atoms with Crippen molar-refractivity contribution in [2.75, 3.05) is 0 Å². The summed E-state index contributed by atoms with van der Waals surface area (Å²) in [6.07, 6.45) is -0.706. The summed E-state index contributed by atoms with van der Waals surface area (Å²) in [5.41, 5.74) is 1.57. The topological polar surface area (TPSA) is 89.2 Å². The number of nitro groups is 1. The minimum atomic E-state index is -0.706. The number of hydrogen-bond acceptors (Lipinski definition) is 8. The van der Waals surface area contributed by atoms with Crippen molar-refractivity contribution in [3.05, 3.63) is 26.6 Å². The van der Waals surface area contributed by atoms with Gasteiger partial charge in [-0.3, -0.25) is 10.1 Å². The Morgan fingerprint density at radius 3 is 2.94 bits per heavy atom. The molecule has 6 nitrogen and oxygen atoms in total. The van der Waals surface area contributed by atoms with Crippen LogP contribution in [-0.2, 0) is 0 Å². The average molecular weight is 289 g/mol. The summed E-state index contributed by atoms with van der Waals surface area (Å²) in [6, 6.07) is 1.40. The number of nitrogens with zero attached hydrogens (tertiary/aromatic N) is 3. The highest BCUT2D eigenvalue weighted by atomic mass is 32.2. The molecule has 90 valence electrons. The molecule has 2 rings (SSSR count). The molecule has 0 aromatic carbocycles. The van der Waals surface area contributed by atoms with E-state index in [9.17, 15) is 15.2 Å². The maximum atomic E-state index is 10.9. The van der Waals surface area contributed by atoms with Gasteiger partial charge in [-0.2, -0.15) is 0 Å². The molecular weight excluding hydrogens is 282 g/mol. The van der Waals surface area contributed by atoms with Crippen LogP contribution in [0.1, 0.15) is 17.9 Å². The van der Waals surface area contributed by atoms with Gasteiger partial charge >= 0.3 is 0 Å². The second kappa shape index (κ2) is 5.08. The highest BCUT2D eigenvalue weighted by Gasteiger charge is 2.22. The molecule has 0 saturated carbocycles. The second-order valence-corrected chi connectivity index (χ2v) is 6.49. The van der Waals surface area contributed by atoms with Crippen LogP contribution in [0.2, 0.25) is 0 Å². The van der Waals surface area contributed by atoms with Crippen molar-refractivity contribution in [3.63, 3.8) is 0 Å². The van der Waals surface area contributed by atoms with Gasteiger partial charge in [0.05, 0.1) is 11.0 Å². The molecule has 2 aromatic rings. The normalized spacial score (nSPS) is 12.6. The molecular formula is C8H7N3O3S3. The predicted octanol–water partition coefficient (Wildman–Crippen LogP) is 2.71. The first kappa shape index (κ1) is 12.4. The van der Waals surface area contributed by atoms with E-state index in [2.05, 4.69) is 10.2 Å². The third kappa shape index (κ3) is 2.80. The van der Waals surface area contributed by atoms with E-state index >= 15 is 0 Å². The lowest BCUT2D eigenvalue weighted by Crippen LogP contribution is -1.87. The molecule has 0 bridgehead atoms. The van der Waals surface area contributed by atoms with Crippen LogP contribution in [0.25, 0.3) is 0 Å². The quantitative estimate of drug-likeness (QED) is 0.687. The van der Waals surface area contributed by atoms with E-state index in [4.69, 9.17) is 0 Å². The molecule has 1 N–H and O–H groups in total. The van der Waals surface area contributed by atoms with Gasteiger partial charge < -0.3 is 5.11 Å². The molecule has 2 heterocycles. The minimum absolute atomic E-state index is 0.00565. The Labute approximate surface area is 108 Å². The number of thiophene rings is 1. The van der Waals surface area contributed by atoms with E-state index < -0.39 is 11.0 Å². The summed E-state index contributed by atoms with van der Waals surface area (Å²) >= 11 is 3.72. The zero-order valence-corrected chi connectivity index (χ0v) is 11.0. The van der Waals surface area contributed by atoms with Crippen LogP contribution in [0, 0.1) is 10.1 Å². The van der Waals surface area contributed by atoms with E-state index in [1.165, 1.54) is 40.5 Å². The van der Waals surface area contributed by atoms with Crippen LogP contribution in [0.3, 0.4) is 0 Å². The van der Waals surface area contributed by atoms with Gasteiger partial charge in [-0.05, 0) is 18.7 Å². The van der Waals surface area contributed by atoms with E-state index in [0.29, 0.717) is 13.4 Å². The van der Waals surface area contributed by atoms with Crippen molar-refractivity contribution in [2.45, 2.75) is 21.6 Å². The molecule has 0 unspecified atom stereocenters. The third-order valence-corrected chi connectivity index (χ3v) is 5.09. The summed E-state index contributed by atoms with van der Waals surface area (Å²) in [7, 11) is 0. The number of aliphatic hydroxyl groups excluding tert-OH is 1. The summed E-state index contributed by atoms with van der Waals surface area (Å²) in [5, 5.41) is 27.8. The SMILES string of the molecule is C[C@@H](O)c1cc([N+](=O)[O-])c(Sc2nncs2)s1. The highest BCUT2D eigenvalue weighted by molar-refractivity contribution is 8.02. The van der Waals surface area contributed by atoms with Gasteiger partial charge in [-0.15, -0.1) is 21.5 Å². The zero-order valence-electron chi connectivity index (χ0n) is 8.56. The zero-order chi connectivity index (χ0) is 12.4. The fourth-order valence-electron chi connectivity index (χ4n) is 1.08. The van der Waals surface area contributed by atoms with Gasteiger partial charge in [0.2, 0.25) is 0 Å². The predicted molar refractivity (Wildman–Crippen MR) is 65.6 cm³/mol. The maximum Gasteiger partial charge on any atom is 0.294 e. The number of aliphatic hydroxyl groups is 1. The van der Waals surface area contributed by atoms with Crippen LogP contribution < -0.4 is 0 Å². The molecule has 0 aliphatic carbocycles. The Bertz CT molecular complexity index is 523. The van der Waals surface area contributed by atoms with Crippen LogP contribution in [0.5, 0.6) is 0 Å². The Kier molecular flexibility index (Phi) is 3.72. The molecule has 17 heavy (non-hydrogen) atoms. The first-order valence-corrected chi connectivity index (χ1v) is 6.99. The van der Waals surface area contributed by atoms with E-state index in [1.54, 1.807) is 12.4 Å². The van der Waals surface area contributed by atoms with Gasteiger partial charge in [0.25, 0.3) is 5.69 Å². The van der Waals surface area contributed by atoms with Gasteiger partial charge in [0.15, 0.2) is 4.34 Å². The molecule has 0 radical (unpaired) electrons. The lowest BCUT2D eigenvalue weighted by molar-refractivity contribution is -0.387. The van der Waals surface area contributed by atoms with Gasteiger partial charge in [-0.1, -0.05) is 11.3 Å². The van der Waals surface area contributed by atoms with Crippen molar-refractivity contribution in [2.24, 2.45) is 0 Å². The smallest absolute Gasteiger partial charge is 0.294 e. The van der Waals surface area contributed by atoms with Crippen molar-refractivity contribution < 1.29 is 10.0 Å². The minimum Gasteiger partial charge on any atom is -0.388 e. The van der Waals surface area contributed by atoms with Crippen LogP contribution in [-0.4, -0.2) is 20.2 Å². The monoisotopic (exact) mass is 289 g/mol. The first-order valence-electron chi connectivity index (χ1n) is 4.48. The largest absolute Gasteiger partial charge is 0.388 e. The Morgan fingerprint density at radius 2 is 2.41 bits per heavy atom. The van der Waals surface area contributed by atoms with E-state index in [0.717, 1.165) is 0 Å². The van der Waals surface area contributed by atoms with Crippen molar-refractivity contribution in [1.29, 1.82) is 0 Å². The molecule has 0 spiro atoms. The molecule has 9 heteroatoms. The molecule has 0 amide bonds. The molecule has 0 aliphatic heterocycles. The van der Waals surface area contributed by atoms with Crippen molar-refractivity contribution in [3.8, 4) is 0 Å². The van der Waals surface area contributed by atoms with Gasteiger partial charge in [-0.25, -0.2) is 0 Å². The average Bonchev–Trinajstić information content (AvgIpc) is 2.87. The van der Waals surface area contributed by atoms with Crippen molar-refractivity contribution >= 4 is 40.1 Å². The molecule has 0 fully saturated rings. The van der Waals surface area contributed by atoms with Gasteiger partial charge in [0, 0.05) is 10.9 Å². The lowest BCUT2D eigenvalue weighted by atomic mass is 10.3. The third-order valence-electron chi connectivity index (χ3n) is 1.83. The summed E-state index contributed by atoms with van der Waals surface area (Å²) < 4.78 is 1.16. The van der Waals surface area contributed by atoms with Crippen LogP contribution in [0.15, 0.2) is 20.1 Å². The first-order chi connectivity index (χ1) is 8.08. The number of hydrogen-bond donors (Lipinski definition) is 1. The van der Waals surface area contributed by atoms with E-state index in [-0.39, 0.29) is 5.69 Å². The maximum absolute atomic E-state index is 10.9. The van der Waals surface area contributed by atoms with Crippen LogP contribution in [0.4, 0.5) is 5.69 Å². The van der Waals surface area contributed by atoms with Gasteiger partial charge in [0.1, 0.15) is 9.72 Å². The molecule has 1 atom stereocenters. The fourth-order valence-corrected chi connectivity index (χ4v) is 4.05. The molecule has 0 aliphatic rings. The Morgan fingerprint density at radius 1 is 1.65 bits per heavy atom. The summed E-state index contributed by atoms with van der Waals surface area (Å²) in [5.74, 6) is 0. The summed E-state index contributed by atoms with van der Waals surface area (Å²) in [6.45, 7) is 1.58. The number of aromatic nitrogens is 2. The lowest BCUT2D eigenvalue weighted by Gasteiger charge is -1.95. The highest BCUT2D eigenvalue weighted by Crippen LogP contribution is 2.43. The number of rotatable bonds is 4. The van der Waals surface area contributed by atoms with Crippen molar-refractivity contribution in [1.82, 2.24) is 10.2 Å². The molecule has 2 aromatic heterocycles. The standard InChI is InChI=1S/C8H7N3O3S3/c1-4(12)6-2-5(11(13)14)7(16-6)17-8-10-9-3-15-8/h2-4,12H,1H3/t4-/m1/s1. The second-order valence-electron chi connectivity index (χ2n) is 3.06.